The highest BCUT2D eigenvalue weighted by Gasteiger charge is 2.25. The Kier molecular flexibility index (Phi) is 4.18. The van der Waals surface area contributed by atoms with E-state index < -0.39 is 5.60 Å². The van der Waals surface area contributed by atoms with Crippen molar-refractivity contribution in [3.05, 3.63) is 34.9 Å². The molecular weight excluding hydrogens is 208 g/mol. The predicted molar refractivity (Wildman–Crippen MR) is 65.1 cm³/mol. The van der Waals surface area contributed by atoms with Crippen LogP contribution in [-0.2, 0) is 5.60 Å². The molecule has 1 aromatic carbocycles. The van der Waals surface area contributed by atoms with Gasteiger partial charge >= 0.3 is 0 Å². The van der Waals surface area contributed by atoms with E-state index in [1.807, 2.05) is 31.2 Å². The molecule has 0 heterocycles. The summed E-state index contributed by atoms with van der Waals surface area (Å²) in [5.41, 5.74) is 0.00937. The van der Waals surface area contributed by atoms with Crippen molar-refractivity contribution >= 4 is 11.6 Å². The maximum Gasteiger partial charge on any atom is 0.0883 e. The van der Waals surface area contributed by atoms with Crippen molar-refractivity contribution in [1.29, 1.82) is 0 Å². The SMILES string of the molecule is CC(C)CCC(C)(O)c1ccccc1Cl. The summed E-state index contributed by atoms with van der Waals surface area (Å²) in [6.45, 7) is 6.14. The molecule has 1 atom stereocenters. The Morgan fingerprint density at radius 3 is 2.47 bits per heavy atom. The molecule has 0 aliphatic rings. The van der Waals surface area contributed by atoms with Gasteiger partial charge in [-0.05, 0) is 31.7 Å². The van der Waals surface area contributed by atoms with Gasteiger partial charge in [0.05, 0.1) is 5.60 Å². The fraction of sp³-hybridized carbons (Fsp3) is 0.538. The summed E-state index contributed by atoms with van der Waals surface area (Å²) in [4.78, 5) is 0. The first-order chi connectivity index (χ1) is 6.93. The molecule has 0 saturated carbocycles. The van der Waals surface area contributed by atoms with Crippen molar-refractivity contribution in [3.8, 4) is 0 Å². The molecule has 1 N–H and O–H groups in total. The van der Waals surface area contributed by atoms with Gasteiger partial charge in [0, 0.05) is 10.6 Å². The fourth-order valence-electron chi connectivity index (χ4n) is 1.60. The van der Waals surface area contributed by atoms with Gasteiger partial charge < -0.3 is 5.11 Å². The second kappa shape index (κ2) is 5.00. The van der Waals surface area contributed by atoms with Crippen LogP contribution in [0.2, 0.25) is 5.02 Å². The van der Waals surface area contributed by atoms with Crippen LogP contribution < -0.4 is 0 Å². The maximum absolute atomic E-state index is 10.3. The zero-order valence-electron chi connectivity index (χ0n) is 9.63. The molecule has 1 nitrogen and oxygen atoms in total. The van der Waals surface area contributed by atoms with E-state index in [4.69, 9.17) is 11.6 Å². The molecule has 0 spiro atoms. The van der Waals surface area contributed by atoms with Gasteiger partial charge in [-0.3, -0.25) is 0 Å². The smallest absolute Gasteiger partial charge is 0.0883 e. The first kappa shape index (κ1) is 12.5. The normalized spacial score (nSPS) is 15.3. The van der Waals surface area contributed by atoms with Gasteiger partial charge in [-0.1, -0.05) is 43.6 Å². The average Bonchev–Trinajstić information content (AvgIpc) is 2.15. The highest BCUT2D eigenvalue weighted by Crippen LogP contribution is 2.32. The summed E-state index contributed by atoms with van der Waals surface area (Å²) >= 11 is 6.06. The molecule has 0 aromatic heterocycles. The number of rotatable bonds is 4. The third-order valence-electron chi connectivity index (χ3n) is 2.66. The van der Waals surface area contributed by atoms with Crippen LogP contribution in [0.4, 0.5) is 0 Å². The molecule has 0 saturated heterocycles. The van der Waals surface area contributed by atoms with Crippen LogP contribution in [0.1, 0.15) is 39.2 Å². The number of halogens is 1. The van der Waals surface area contributed by atoms with Gasteiger partial charge in [0.25, 0.3) is 0 Å². The number of benzene rings is 1. The number of hydrogen-bond donors (Lipinski definition) is 1. The summed E-state index contributed by atoms with van der Waals surface area (Å²) in [5.74, 6) is 0.596. The Morgan fingerprint density at radius 2 is 1.93 bits per heavy atom. The van der Waals surface area contributed by atoms with Crippen LogP contribution in [0.15, 0.2) is 24.3 Å². The second-order valence-electron chi connectivity index (χ2n) is 4.69. The van der Waals surface area contributed by atoms with Crippen molar-refractivity contribution in [3.63, 3.8) is 0 Å². The van der Waals surface area contributed by atoms with Gasteiger partial charge in [0.15, 0.2) is 0 Å². The minimum Gasteiger partial charge on any atom is -0.385 e. The van der Waals surface area contributed by atoms with E-state index in [0.29, 0.717) is 10.9 Å². The number of aliphatic hydroxyl groups is 1. The highest BCUT2D eigenvalue weighted by atomic mass is 35.5. The van der Waals surface area contributed by atoms with Gasteiger partial charge in [0.2, 0.25) is 0 Å². The van der Waals surface area contributed by atoms with E-state index in [9.17, 15) is 5.11 Å². The highest BCUT2D eigenvalue weighted by molar-refractivity contribution is 6.31. The molecule has 1 aromatic rings. The Labute approximate surface area is 97.1 Å². The van der Waals surface area contributed by atoms with Gasteiger partial charge in [-0.25, -0.2) is 0 Å². The summed E-state index contributed by atoms with van der Waals surface area (Å²) < 4.78 is 0. The lowest BCUT2D eigenvalue weighted by Gasteiger charge is -2.25. The van der Waals surface area contributed by atoms with Crippen molar-refractivity contribution in [2.75, 3.05) is 0 Å². The molecule has 0 aliphatic heterocycles. The van der Waals surface area contributed by atoms with Crippen LogP contribution in [-0.4, -0.2) is 5.11 Å². The molecule has 84 valence electrons. The average molecular weight is 227 g/mol. The molecule has 0 bridgehead atoms. The molecule has 0 radical (unpaired) electrons. The summed E-state index contributed by atoms with van der Waals surface area (Å²) in [7, 11) is 0. The molecule has 15 heavy (non-hydrogen) atoms. The van der Waals surface area contributed by atoms with Crippen LogP contribution in [0, 0.1) is 5.92 Å². The van der Waals surface area contributed by atoms with Crippen molar-refractivity contribution < 1.29 is 5.11 Å². The van der Waals surface area contributed by atoms with Crippen molar-refractivity contribution in [2.45, 2.75) is 39.2 Å². The lowest BCUT2D eigenvalue weighted by molar-refractivity contribution is 0.0421. The third kappa shape index (κ3) is 3.51. The van der Waals surface area contributed by atoms with E-state index in [1.54, 1.807) is 0 Å². The molecule has 1 rings (SSSR count). The molecule has 2 heteroatoms. The minimum absolute atomic E-state index is 0.596. The van der Waals surface area contributed by atoms with E-state index in [-0.39, 0.29) is 0 Å². The van der Waals surface area contributed by atoms with E-state index in [2.05, 4.69) is 13.8 Å². The monoisotopic (exact) mass is 226 g/mol. The summed E-state index contributed by atoms with van der Waals surface area (Å²) in [6.07, 6.45) is 1.74. The van der Waals surface area contributed by atoms with Crippen LogP contribution >= 0.6 is 11.6 Å². The van der Waals surface area contributed by atoms with Crippen LogP contribution in [0.5, 0.6) is 0 Å². The van der Waals surface area contributed by atoms with Gasteiger partial charge in [-0.15, -0.1) is 0 Å². The van der Waals surface area contributed by atoms with E-state index in [1.165, 1.54) is 0 Å². The van der Waals surface area contributed by atoms with Gasteiger partial charge in [-0.2, -0.15) is 0 Å². The minimum atomic E-state index is -0.817. The Bertz CT molecular complexity index is 318. The Balaban J connectivity index is 2.81. The Hall–Kier alpha value is -0.530. The first-order valence-electron chi connectivity index (χ1n) is 5.41. The number of hydrogen-bond acceptors (Lipinski definition) is 1. The van der Waals surface area contributed by atoms with E-state index >= 15 is 0 Å². The molecule has 0 fully saturated rings. The quantitative estimate of drug-likeness (QED) is 0.824. The lowest BCUT2D eigenvalue weighted by Crippen LogP contribution is -2.22. The summed E-state index contributed by atoms with van der Waals surface area (Å²) in [6, 6.07) is 7.50. The van der Waals surface area contributed by atoms with Crippen molar-refractivity contribution in [1.82, 2.24) is 0 Å². The summed E-state index contributed by atoms with van der Waals surface area (Å²) in [5, 5.41) is 11.0. The zero-order valence-corrected chi connectivity index (χ0v) is 10.4. The maximum atomic E-state index is 10.3. The second-order valence-corrected chi connectivity index (χ2v) is 5.09. The molecule has 0 aliphatic carbocycles. The molecule has 1 unspecified atom stereocenters. The third-order valence-corrected chi connectivity index (χ3v) is 2.99. The standard InChI is InChI=1S/C13H19ClO/c1-10(2)8-9-13(3,15)11-6-4-5-7-12(11)14/h4-7,10,15H,8-9H2,1-3H3. The molecule has 0 amide bonds. The van der Waals surface area contributed by atoms with Crippen LogP contribution in [0.3, 0.4) is 0 Å². The molecular formula is C13H19ClO. The topological polar surface area (TPSA) is 20.2 Å². The lowest BCUT2D eigenvalue weighted by atomic mass is 9.88. The fourth-order valence-corrected chi connectivity index (χ4v) is 1.94. The Morgan fingerprint density at radius 1 is 1.33 bits per heavy atom. The van der Waals surface area contributed by atoms with Crippen LogP contribution in [0.25, 0.3) is 0 Å². The first-order valence-corrected chi connectivity index (χ1v) is 5.78. The van der Waals surface area contributed by atoms with Gasteiger partial charge in [0.1, 0.15) is 0 Å². The van der Waals surface area contributed by atoms with Crippen molar-refractivity contribution in [2.24, 2.45) is 5.92 Å². The van der Waals surface area contributed by atoms with E-state index in [0.717, 1.165) is 18.4 Å². The zero-order chi connectivity index (χ0) is 11.5. The predicted octanol–water partition coefficient (Wildman–Crippen LogP) is 3.98. The largest absolute Gasteiger partial charge is 0.385 e.